The Morgan fingerprint density at radius 3 is 2.93 bits per heavy atom. The van der Waals surface area contributed by atoms with Crippen molar-refractivity contribution in [2.45, 2.75) is 32.9 Å². The second-order valence-electron chi connectivity index (χ2n) is 3.73. The molecular formula is C12H22N2S. The van der Waals surface area contributed by atoms with Crippen molar-refractivity contribution in [1.29, 1.82) is 0 Å². The molecule has 0 saturated carbocycles. The van der Waals surface area contributed by atoms with Crippen LogP contribution in [0.3, 0.4) is 0 Å². The number of nitrogens with zero attached hydrogens (tertiary/aromatic N) is 1. The molecule has 0 aliphatic rings. The molecule has 0 aliphatic carbocycles. The zero-order valence-electron chi connectivity index (χ0n) is 9.83. The molecule has 1 rings (SSSR count). The lowest BCUT2D eigenvalue weighted by atomic mass is 10.3. The summed E-state index contributed by atoms with van der Waals surface area (Å²) in [6.07, 6.45) is 9.14. The highest BCUT2D eigenvalue weighted by atomic mass is 32.2. The molecular weight excluding hydrogens is 204 g/mol. The Morgan fingerprint density at radius 1 is 1.40 bits per heavy atom. The summed E-state index contributed by atoms with van der Waals surface area (Å²) in [4.78, 5) is 0. The van der Waals surface area contributed by atoms with Gasteiger partial charge in [-0.2, -0.15) is 11.8 Å². The van der Waals surface area contributed by atoms with Crippen LogP contribution in [0.15, 0.2) is 18.5 Å². The fourth-order valence-electron chi connectivity index (χ4n) is 1.52. The molecule has 3 heteroatoms. The molecule has 15 heavy (non-hydrogen) atoms. The third-order valence-electron chi connectivity index (χ3n) is 2.46. The van der Waals surface area contributed by atoms with Crippen LogP contribution in [0.5, 0.6) is 0 Å². The van der Waals surface area contributed by atoms with Crippen LogP contribution in [0.25, 0.3) is 0 Å². The Bertz CT molecular complexity index is 258. The third kappa shape index (κ3) is 5.28. The Hall–Kier alpha value is -0.410. The van der Waals surface area contributed by atoms with Gasteiger partial charge in [-0.25, -0.2) is 0 Å². The van der Waals surface area contributed by atoms with E-state index in [-0.39, 0.29) is 0 Å². The van der Waals surface area contributed by atoms with Gasteiger partial charge in [-0.1, -0.05) is 0 Å². The molecule has 0 aliphatic heterocycles. The molecule has 0 spiro atoms. The molecule has 0 atom stereocenters. The van der Waals surface area contributed by atoms with Crippen molar-refractivity contribution in [3.63, 3.8) is 0 Å². The van der Waals surface area contributed by atoms with Crippen molar-refractivity contribution >= 4 is 11.8 Å². The van der Waals surface area contributed by atoms with Gasteiger partial charge in [0.25, 0.3) is 0 Å². The normalized spacial score (nSPS) is 10.8. The van der Waals surface area contributed by atoms with Crippen LogP contribution in [-0.2, 0) is 13.1 Å². The monoisotopic (exact) mass is 226 g/mol. The predicted molar refractivity (Wildman–Crippen MR) is 69.4 cm³/mol. The molecule has 86 valence electrons. The summed E-state index contributed by atoms with van der Waals surface area (Å²) in [5, 5.41) is 3.48. The van der Waals surface area contributed by atoms with Crippen molar-refractivity contribution in [1.82, 2.24) is 9.88 Å². The van der Waals surface area contributed by atoms with E-state index in [1.54, 1.807) is 0 Å². The van der Waals surface area contributed by atoms with Gasteiger partial charge in [0.1, 0.15) is 0 Å². The van der Waals surface area contributed by atoms with Gasteiger partial charge < -0.3 is 9.88 Å². The zero-order valence-corrected chi connectivity index (χ0v) is 10.6. The summed E-state index contributed by atoms with van der Waals surface area (Å²) in [5.74, 6) is 1.29. The number of hydrogen-bond acceptors (Lipinski definition) is 2. The average molecular weight is 226 g/mol. The minimum atomic E-state index is 1.01. The molecule has 2 nitrogen and oxygen atoms in total. The number of hydrogen-bond donors (Lipinski definition) is 1. The van der Waals surface area contributed by atoms with Crippen molar-refractivity contribution in [2.24, 2.45) is 0 Å². The van der Waals surface area contributed by atoms with E-state index >= 15 is 0 Å². The molecule has 0 aromatic carbocycles. The quantitative estimate of drug-likeness (QED) is 0.686. The predicted octanol–water partition coefficient (Wildman–Crippen LogP) is 2.74. The van der Waals surface area contributed by atoms with E-state index in [1.807, 2.05) is 11.8 Å². The lowest BCUT2D eigenvalue weighted by Gasteiger charge is -2.02. The molecule has 1 aromatic heterocycles. The van der Waals surface area contributed by atoms with Crippen LogP contribution in [-0.4, -0.2) is 23.1 Å². The Labute approximate surface area is 97.4 Å². The fraction of sp³-hybridized carbons (Fsp3) is 0.667. The molecule has 0 amide bonds. The molecule has 0 fully saturated rings. The molecule has 1 heterocycles. The van der Waals surface area contributed by atoms with Gasteiger partial charge in [0, 0.05) is 25.5 Å². The van der Waals surface area contributed by atoms with Gasteiger partial charge >= 0.3 is 0 Å². The number of aryl methyl sites for hydroxylation is 1. The maximum Gasteiger partial charge on any atom is 0.0220 e. The summed E-state index contributed by atoms with van der Waals surface area (Å²) in [6, 6.07) is 2.19. The van der Waals surface area contributed by atoms with Gasteiger partial charge in [0.2, 0.25) is 0 Å². The second-order valence-corrected chi connectivity index (χ2v) is 4.71. The van der Waals surface area contributed by atoms with E-state index < -0.39 is 0 Å². The lowest BCUT2D eigenvalue weighted by Crippen LogP contribution is -2.14. The topological polar surface area (TPSA) is 17.0 Å². The first-order valence-corrected chi connectivity index (χ1v) is 7.10. The van der Waals surface area contributed by atoms with Gasteiger partial charge in [-0.3, -0.25) is 0 Å². The summed E-state index contributed by atoms with van der Waals surface area (Å²) >= 11 is 1.93. The van der Waals surface area contributed by atoms with Crippen molar-refractivity contribution in [2.75, 3.05) is 18.6 Å². The summed E-state index contributed by atoms with van der Waals surface area (Å²) in [5.41, 5.74) is 1.39. The lowest BCUT2D eigenvalue weighted by molar-refractivity contribution is 0.642. The zero-order chi connectivity index (χ0) is 10.9. The largest absolute Gasteiger partial charge is 0.354 e. The first kappa shape index (κ1) is 12.7. The van der Waals surface area contributed by atoms with E-state index in [1.165, 1.54) is 24.2 Å². The highest BCUT2D eigenvalue weighted by Gasteiger charge is 1.94. The maximum atomic E-state index is 3.48. The number of aromatic nitrogens is 1. The number of unbranched alkanes of at least 4 members (excludes halogenated alkanes) is 1. The molecule has 0 unspecified atom stereocenters. The minimum absolute atomic E-state index is 1.01. The van der Waals surface area contributed by atoms with Crippen LogP contribution in [0.2, 0.25) is 0 Å². The van der Waals surface area contributed by atoms with Crippen LogP contribution in [0.4, 0.5) is 0 Å². The first-order chi connectivity index (χ1) is 7.36. The van der Waals surface area contributed by atoms with Gasteiger partial charge in [-0.05, 0) is 49.9 Å². The van der Waals surface area contributed by atoms with Crippen molar-refractivity contribution in [3.05, 3.63) is 24.0 Å². The van der Waals surface area contributed by atoms with Crippen LogP contribution in [0.1, 0.15) is 25.3 Å². The third-order valence-corrected chi connectivity index (χ3v) is 3.15. The molecule has 0 radical (unpaired) electrons. The standard InChI is InChI=1S/C12H22N2S/c1-3-14-8-6-12(11-14)10-13-7-4-5-9-15-2/h6,8,11,13H,3-5,7,9-10H2,1-2H3. The van der Waals surface area contributed by atoms with Gasteiger partial charge in [0.05, 0.1) is 0 Å². The SMILES string of the molecule is CCn1ccc(CNCCCCSC)c1. The van der Waals surface area contributed by atoms with Gasteiger partial charge in [0.15, 0.2) is 0 Å². The highest BCUT2D eigenvalue weighted by molar-refractivity contribution is 7.98. The summed E-state index contributed by atoms with van der Waals surface area (Å²) in [6.45, 7) is 5.37. The fourth-order valence-corrected chi connectivity index (χ4v) is 2.01. The Balaban J connectivity index is 2.04. The molecule has 1 aromatic rings. The molecule has 0 saturated heterocycles. The Morgan fingerprint density at radius 2 is 2.27 bits per heavy atom. The van der Waals surface area contributed by atoms with Crippen LogP contribution >= 0.6 is 11.8 Å². The molecule has 1 N–H and O–H groups in total. The molecule has 0 bridgehead atoms. The van der Waals surface area contributed by atoms with E-state index in [2.05, 4.69) is 41.5 Å². The van der Waals surface area contributed by atoms with Gasteiger partial charge in [-0.15, -0.1) is 0 Å². The number of nitrogens with one attached hydrogen (secondary N) is 1. The van der Waals surface area contributed by atoms with E-state index in [0.717, 1.165) is 19.6 Å². The smallest absolute Gasteiger partial charge is 0.0220 e. The van der Waals surface area contributed by atoms with E-state index in [9.17, 15) is 0 Å². The number of thioether (sulfide) groups is 1. The van der Waals surface area contributed by atoms with E-state index in [0.29, 0.717) is 0 Å². The summed E-state index contributed by atoms with van der Waals surface area (Å²) in [7, 11) is 0. The van der Waals surface area contributed by atoms with Crippen molar-refractivity contribution < 1.29 is 0 Å². The maximum absolute atomic E-state index is 3.48. The van der Waals surface area contributed by atoms with Crippen LogP contribution < -0.4 is 5.32 Å². The van der Waals surface area contributed by atoms with Crippen molar-refractivity contribution in [3.8, 4) is 0 Å². The first-order valence-electron chi connectivity index (χ1n) is 5.71. The highest BCUT2D eigenvalue weighted by Crippen LogP contribution is 2.01. The second kappa shape index (κ2) is 7.83. The summed E-state index contributed by atoms with van der Waals surface area (Å²) < 4.78 is 2.21. The van der Waals surface area contributed by atoms with Crippen LogP contribution in [0, 0.1) is 0 Å². The number of rotatable bonds is 8. The Kier molecular flexibility index (Phi) is 6.60. The minimum Gasteiger partial charge on any atom is -0.354 e. The average Bonchev–Trinajstić information content (AvgIpc) is 2.71. The van der Waals surface area contributed by atoms with E-state index in [4.69, 9.17) is 0 Å².